The summed E-state index contributed by atoms with van der Waals surface area (Å²) in [5.74, 6) is 1.28. The predicted molar refractivity (Wildman–Crippen MR) is 77.3 cm³/mol. The minimum Gasteiger partial charge on any atom is -0.398 e. The van der Waals surface area contributed by atoms with Crippen LogP contribution in [0.25, 0.3) is 5.70 Å². The Bertz CT molecular complexity index is 496. The Balaban J connectivity index is 2.15. The van der Waals surface area contributed by atoms with Crippen LogP contribution < -0.4 is 11.5 Å². The smallest absolute Gasteiger partial charge is 0.120 e. The van der Waals surface area contributed by atoms with Gasteiger partial charge < -0.3 is 11.5 Å². The Morgan fingerprint density at radius 3 is 2.72 bits per heavy atom. The zero-order valence-corrected chi connectivity index (χ0v) is 11.1. The van der Waals surface area contributed by atoms with Crippen LogP contribution in [0.2, 0.25) is 0 Å². The maximum atomic E-state index is 6.09. The number of aryl methyl sites for hydroxylation is 1. The number of rotatable bonds is 4. The second-order valence-corrected chi connectivity index (χ2v) is 5.06. The average molecular weight is 243 g/mol. The molecule has 0 atom stereocenters. The summed E-state index contributed by atoms with van der Waals surface area (Å²) in [6, 6.07) is 6.11. The van der Waals surface area contributed by atoms with E-state index in [9.17, 15) is 0 Å². The summed E-state index contributed by atoms with van der Waals surface area (Å²) < 4.78 is 0. The normalized spacial score (nSPS) is 17.0. The van der Waals surface area contributed by atoms with Gasteiger partial charge in [0.25, 0.3) is 0 Å². The lowest BCUT2D eigenvalue weighted by atomic mass is 10.0. The summed E-state index contributed by atoms with van der Waals surface area (Å²) in [5, 5.41) is 0. The van der Waals surface area contributed by atoms with Gasteiger partial charge in [-0.05, 0) is 43.7 Å². The highest BCUT2D eigenvalue weighted by Crippen LogP contribution is 2.28. The Morgan fingerprint density at radius 1 is 1.33 bits per heavy atom. The van der Waals surface area contributed by atoms with Crippen LogP contribution >= 0.6 is 0 Å². The summed E-state index contributed by atoms with van der Waals surface area (Å²) >= 11 is 0. The van der Waals surface area contributed by atoms with Crippen molar-refractivity contribution in [1.29, 1.82) is 0 Å². The third kappa shape index (κ3) is 3.13. The fourth-order valence-corrected chi connectivity index (χ4v) is 1.88. The number of nitrogens with two attached hydrogens (primary N) is 2. The molecule has 1 saturated carbocycles. The second-order valence-electron chi connectivity index (χ2n) is 5.06. The zero-order valence-electron chi connectivity index (χ0n) is 11.1. The molecule has 0 amide bonds. The molecule has 4 N–H and O–H groups in total. The van der Waals surface area contributed by atoms with Gasteiger partial charge in [0.1, 0.15) is 5.84 Å². The molecule has 0 saturated heterocycles. The van der Waals surface area contributed by atoms with E-state index < -0.39 is 0 Å². The SMILES string of the molecule is Cc1cccc(/C(N)=C/C(N)=NCC2CC2)c1C. The summed E-state index contributed by atoms with van der Waals surface area (Å²) in [6.07, 6.45) is 4.34. The van der Waals surface area contributed by atoms with Crippen LogP contribution in [-0.2, 0) is 0 Å². The maximum absolute atomic E-state index is 6.09. The van der Waals surface area contributed by atoms with Crippen molar-refractivity contribution in [2.75, 3.05) is 6.54 Å². The van der Waals surface area contributed by atoms with Crippen molar-refractivity contribution in [1.82, 2.24) is 0 Å². The van der Waals surface area contributed by atoms with E-state index in [4.69, 9.17) is 11.5 Å². The first kappa shape index (κ1) is 12.7. The summed E-state index contributed by atoms with van der Waals surface area (Å²) in [5.41, 5.74) is 16.1. The highest BCUT2D eigenvalue weighted by atomic mass is 14.9. The molecule has 1 aliphatic carbocycles. The van der Waals surface area contributed by atoms with Crippen LogP contribution in [0.4, 0.5) is 0 Å². The minimum absolute atomic E-state index is 0.528. The summed E-state index contributed by atoms with van der Waals surface area (Å²) in [7, 11) is 0. The molecule has 2 rings (SSSR count). The highest BCUT2D eigenvalue weighted by Gasteiger charge is 2.20. The monoisotopic (exact) mass is 243 g/mol. The molecule has 3 nitrogen and oxygen atoms in total. The molecule has 1 aromatic rings. The van der Waals surface area contributed by atoms with Crippen LogP contribution in [0, 0.1) is 19.8 Å². The van der Waals surface area contributed by atoms with Gasteiger partial charge in [-0.15, -0.1) is 0 Å². The zero-order chi connectivity index (χ0) is 13.1. The molecule has 1 aromatic carbocycles. The van der Waals surface area contributed by atoms with Crippen molar-refractivity contribution in [2.45, 2.75) is 26.7 Å². The molecule has 0 unspecified atom stereocenters. The molecule has 0 aromatic heterocycles. The van der Waals surface area contributed by atoms with E-state index in [-0.39, 0.29) is 0 Å². The molecule has 1 fully saturated rings. The fraction of sp³-hybridized carbons (Fsp3) is 0.400. The van der Waals surface area contributed by atoms with E-state index in [1.165, 1.54) is 24.0 Å². The molecule has 18 heavy (non-hydrogen) atoms. The lowest BCUT2D eigenvalue weighted by Gasteiger charge is -2.08. The van der Waals surface area contributed by atoms with Crippen LogP contribution in [0.1, 0.15) is 29.5 Å². The van der Waals surface area contributed by atoms with Gasteiger partial charge in [-0.1, -0.05) is 18.2 Å². The first-order valence-corrected chi connectivity index (χ1v) is 6.41. The highest BCUT2D eigenvalue weighted by molar-refractivity contribution is 5.97. The Morgan fingerprint density at radius 2 is 2.06 bits per heavy atom. The van der Waals surface area contributed by atoms with Crippen molar-refractivity contribution in [3.05, 3.63) is 41.0 Å². The van der Waals surface area contributed by atoms with Gasteiger partial charge in [0.05, 0.1) is 0 Å². The van der Waals surface area contributed by atoms with Gasteiger partial charge in [-0.3, -0.25) is 4.99 Å². The number of hydrogen-bond acceptors (Lipinski definition) is 2. The number of hydrogen-bond donors (Lipinski definition) is 2. The van der Waals surface area contributed by atoms with E-state index in [1.807, 2.05) is 12.1 Å². The predicted octanol–water partition coefficient (Wildman–Crippen LogP) is 2.37. The largest absolute Gasteiger partial charge is 0.398 e. The Hall–Kier alpha value is -1.77. The van der Waals surface area contributed by atoms with Crippen LogP contribution in [0.15, 0.2) is 29.3 Å². The number of nitrogens with zero attached hydrogens (tertiary/aromatic N) is 1. The van der Waals surface area contributed by atoms with Crippen molar-refractivity contribution in [3.63, 3.8) is 0 Å². The Kier molecular flexibility index (Phi) is 3.70. The number of aliphatic imine (C=N–C) groups is 1. The summed E-state index contributed by atoms with van der Waals surface area (Å²) in [6.45, 7) is 4.99. The topological polar surface area (TPSA) is 64.4 Å². The maximum Gasteiger partial charge on any atom is 0.120 e. The van der Waals surface area contributed by atoms with E-state index in [2.05, 4.69) is 24.9 Å². The average Bonchev–Trinajstić information content (AvgIpc) is 3.14. The molecular formula is C15H21N3. The van der Waals surface area contributed by atoms with Crippen LogP contribution in [0.5, 0.6) is 0 Å². The van der Waals surface area contributed by atoms with Gasteiger partial charge in [0.15, 0.2) is 0 Å². The minimum atomic E-state index is 0.528. The van der Waals surface area contributed by atoms with E-state index in [0.717, 1.165) is 18.0 Å². The number of amidine groups is 1. The number of benzene rings is 1. The Labute approximate surface area is 109 Å². The molecule has 0 heterocycles. The van der Waals surface area contributed by atoms with Crippen molar-refractivity contribution in [2.24, 2.45) is 22.4 Å². The fourth-order valence-electron chi connectivity index (χ4n) is 1.88. The van der Waals surface area contributed by atoms with E-state index in [1.54, 1.807) is 6.08 Å². The lowest BCUT2D eigenvalue weighted by Crippen LogP contribution is -2.12. The molecule has 0 radical (unpaired) electrons. The van der Waals surface area contributed by atoms with Gasteiger partial charge in [-0.2, -0.15) is 0 Å². The first-order valence-electron chi connectivity index (χ1n) is 6.41. The second kappa shape index (κ2) is 5.25. The molecule has 0 bridgehead atoms. The summed E-state index contributed by atoms with van der Waals surface area (Å²) in [4.78, 5) is 4.34. The van der Waals surface area contributed by atoms with Gasteiger partial charge in [-0.25, -0.2) is 0 Å². The molecule has 1 aliphatic rings. The van der Waals surface area contributed by atoms with Crippen LogP contribution in [-0.4, -0.2) is 12.4 Å². The van der Waals surface area contributed by atoms with Crippen molar-refractivity contribution < 1.29 is 0 Å². The first-order chi connectivity index (χ1) is 8.58. The molecular weight excluding hydrogens is 222 g/mol. The lowest BCUT2D eigenvalue weighted by molar-refractivity contribution is 0.848. The molecule has 3 heteroatoms. The standard InChI is InChI=1S/C15H21N3/c1-10-4-3-5-13(11(10)2)14(16)8-15(17)18-9-12-6-7-12/h3-5,8,12H,6-7,9,16H2,1-2H3,(H2,17,18)/b14-8-. The van der Waals surface area contributed by atoms with Crippen LogP contribution in [0.3, 0.4) is 0 Å². The van der Waals surface area contributed by atoms with Gasteiger partial charge >= 0.3 is 0 Å². The molecule has 0 spiro atoms. The quantitative estimate of drug-likeness (QED) is 0.630. The molecule has 0 aliphatic heterocycles. The van der Waals surface area contributed by atoms with Gasteiger partial charge in [0, 0.05) is 23.9 Å². The van der Waals surface area contributed by atoms with E-state index >= 15 is 0 Å². The third-order valence-electron chi connectivity index (χ3n) is 3.45. The van der Waals surface area contributed by atoms with E-state index in [0.29, 0.717) is 11.5 Å². The molecule has 96 valence electrons. The van der Waals surface area contributed by atoms with Crippen molar-refractivity contribution in [3.8, 4) is 0 Å². The van der Waals surface area contributed by atoms with Gasteiger partial charge in [0.2, 0.25) is 0 Å². The third-order valence-corrected chi connectivity index (χ3v) is 3.45. The van der Waals surface area contributed by atoms with Crippen molar-refractivity contribution >= 4 is 11.5 Å².